The number of halogens is 2. The van der Waals surface area contributed by atoms with Gasteiger partial charge in [0.05, 0.1) is 0 Å². The molecule has 0 aliphatic carbocycles. The van der Waals surface area contributed by atoms with Gasteiger partial charge in [-0.3, -0.25) is 4.90 Å². The summed E-state index contributed by atoms with van der Waals surface area (Å²) in [4.78, 5) is 2.18. The lowest BCUT2D eigenvalue weighted by atomic mass is 10.1. The molecule has 0 bridgehead atoms. The summed E-state index contributed by atoms with van der Waals surface area (Å²) in [5.74, 6) is -0.224. The van der Waals surface area contributed by atoms with Crippen molar-refractivity contribution in [3.63, 3.8) is 0 Å². The first-order chi connectivity index (χ1) is 9.95. The van der Waals surface area contributed by atoms with Crippen LogP contribution in [0.3, 0.4) is 0 Å². The molecular weight excluding hydrogens is 287 g/mol. The molecule has 2 N–H and O–H groups in total. The molecule has 0 unspecified atom stereocenters. The third kappa shape index (κ3) is 4.45. The van der Waals surface area contributed by atoms with E-state index in [9.17, 15) is 4.39 Å². The van der Waals surface area contributed by atoms with Crippen molar-refractivity contribution in [2.24, 2.45) is 0 Å². The van der Waals surface area contributed by atoms with Gasteiger partial charge >= 0.3 is 0 Å². The van der Waals surface area contributed by atoms with Gasteiger partial charge in [-0.2, -0.15) is 0 Å². The first kappa shape index (κ1) is 15.8. The Labute approximate surface area is 130 Å². The Morgan fingerprint density at radius 3 is 2.57 bits per heavy atom. The summed E-state index contributed by atoms with van der Waals surface area (Å²) in [5, 5.41) is 0.555. The molecule has 0 saturated heterocycles. The highest BCUT2D eigenvalue weighted by molar-refractivity contribution is 6.30. The van der Waals surface area contributed by atoms with Crippen molar-refractivity contribution < 1.29 is 4.39 Å². The van der Waals surface area contributed by atoms with Gasteiger partial charge in [-0.05, 0) is 49.7 Å². The smallest absolute Gasteiger partial charge is 0.127 e. The molecular formula is C17H20ClFN2. The second-order valence-corrected chi connectivity index (χ2v) is 5.92. The average Bonchev–Trinajstić information content (AvgIpc) is 2.42. The zero-order valence-corrected chi connectivity index (χ0v) is 13.1. The van der Waals surface area contributed by atoms with Crippen LogP contribution >= 0.6 is 11.6 Å². The third-order valence-corrected chi connectivity index (χ3v) is 3.68. The molecule has 0 aliphatic heterocycles. The largest absolute Gasteiger partial charge is 0.399 e. The molecule has 0 saturated carbocycles. The van der Waals surface area contributed by atoms with Crippen LogP contribution in [0.15, 0.2) is 42.5 Å². The van der Waals surface area contributed by atoms with Crippen molar-refractivity contribution in [1.29, 1.82) is 0 Å². The molecule has 0 radical (unpaired) electrons. The first-order valence-electron chi connectivity index (χ1n) is 6.98. The summed E-state index contributed by atoms with van der Waals surface area (Å²) in [6.07, 6.45) is 0. The molecule has 0 amide bonds. The van der Waals surface area contributed by atoms with Crippen LogP contribution in [0.5, 0.6) is 0 Å². The zero-order valence-electron chi connectivity index (χ0n) is 12.3. The highest BCUT2D eigenvalue weighted by Crippen LogP contribution is 2.20. The molecule has 2 aromatic carbocycles. The summed E-state index contributed by atoms with van der Waals surface area (Å²) in [7, 11) is 0. The van der Waals surface area contributed by atoms with Gasteiger partial charge in [0.15, 0.2) is 0 Å². The van der Waals surface area contributed by atoms with Gasteiger partial charge in [0.1, 0.15) is 5.82 Å². The third-order valence-electron chi connectivity index (χ3n) is 3.45. The highest BCUT2D eigenvalue weighted by Gasteiger charge is 2.14. The Kier molecular flexibility index (Phi) is 5.21. The van der Waals surface area contributed by atoms with Gasteiger partial charge in [-0.25, -0.2) is 4.39 Å². The van der Waals surface area contributed by atoms with Crippen molar-refractivity contribution in [3.05, 3.63) is 64.4 Å². The van der Waals surface area contributed by atoms with E-state index < -0.39 is 0 Å². The summed E-state index contributed by atoms with van der Waals surface area (Å²) < 4.78 is 13.9. The van der Waals surface area contributed by atoms with Crippen LogP contribution in [0.1, 0.15) is 25.0 Å². The Bertz CT molecular complexity index is 613. The fourth-order valence-electron chi connectivity index (χ4n) is 2.23. The monoisotopic (exact) mass is 306 g/mol. The van der Waals surface area contributed by atoms with Crippen LogP contribution in [-0.4, -0.2) is 10.9 Å². The molecule has 2 nitrogen and oxygen atoms in total. The van der Waals surface area contributed by atoms with E-state index in [1.165, 1.54) is 6.07 Å². The predicted octanol–water partition coefficient (Wildman–Crippen LogP) is 4.47. The number of nitrogens with zero attached hydrogens (tertiary/aromatic N) is 1. The number of anilines is 1. The molecule has 21 heavy (non-hydrogen) atoms. The van der Waals surface area contributed by atoms with E-state index in [-0.39, 0.29) is 11.9 Å². The number of rotatable bonds is 5. The minimum absolute atomic E-state index is 0.224. The maximum atomic E-state index is 13.9. The van der Waals surface area contributed by atoms with E-state index in [4.69, 9.17) is 17.3 Å². The van der Waals surface area contributed by atoms with E-state index in [0.717, 1.165) is 11.3 Å². The fraction of sp³-hybridized carbons (Fsp3) is 0.294. The van der Waals surface area contributed by atoms with E-state index in [0.29, 0.717) is 23.7 Å². The molecule has 112 valence electrons. The van der Waals surface area contributed by atoms with Crippen LogP contribution in [0.2, 0.25) is 5.02 Å². The number of hydrogen-bond donors (Lipinski definition) is 1. The molecule has 0 aliphatic rings. The minimum atomic E-state index is -0.224. The summed E-state index contributed by atoms with van der Waals surface area (Å²) in [6.45, 7) is 5.41. The number of benzene rings is 2. The number of nitrogens with two attached hydrogens (primary N) is 1. The molecule has 2 aromatic rings. The van der Waals surface area contributed by atoms with Crippen LogP contribution in [0.4, 0.5) is 10.1 Å². The quantitative estimate of drug-likeness (QED) is 0.826. The van der Waals surface area contributed by atoms with Crippen LogP contribution in [0.25, 0.3) is 0 Å². The maximum absolute atomic E-state index is 13.9. The Hall–Kier alpha value is -1.58. The SMILES string of the molecule is CC(C)N(Cc1cccc(N)c1)Cc1cc(Cl)ccc1F. The van der Waals surface area contributed by atoms with E-state index in [1.54, 1.807) is 12.1 Å². The summed E-state index contributed by atoms with van der Waals surface area (Å²) in [5.41, 5.74) is 8.28. The molecule has 0 fully saturated rings. The number of nitrogen functional groups attached to an aromatic ring is 1. The predicted molar refractivity (Wildman–Crippen MR) is 86.6 cm³/mol. The second kappa shape index (κ2) is 6.92. The standard InChI is InChI=1S/C17H20ClFN2/c1-12(2)21(10-13-4-3-5-16(20)8-13)11-14-9-15(18)6-7-17(14)19/h3-9,12H,10-11,20H2,1-2H3. The summed E-state index contributed by atoms with van der Waals surface area (Å²) >= 11 is 5.96. The topological polar surface area (TPSA) is 29.3 Å². The van der Waals surface area contributed by atoms with Gasteiger partial charge in [-0.1, -0.05) is 23.7 Å². The molecule has 0 atom stereocenters. The molecule has 0 aromatic heterocycles. The maximum Gasteiger partial charge on any atom is 0.127 e. The van der Waals surface area contributed by atoms with Gasteiger partial charge in [0, 0.05) is 35.4 Å². The van der Waals surface area contributed by atoms with Gasteiger partial charge in [0.2, 0.25) is 0 Å². The van der Waals surface area contributed by atoms with Crippen molar-refractivity contribution in [1.82, 2.24) is 4.90 Å². The zero-order chi connectivity index (χ0) is 15.4. The lowest BCUT2D eigenvalue weighted by Gasteiger charge is -2.27. The van der Waals surface area contributed by atoms with Crippen molar-refractivity contribution in [3.8, 4) is 0 Å². The normalized spacial score (nSPS) is 11.3. The lowest BCUT2D eigenvalue weighted by molar-refractivity contribution is 0.201. The molecule has 0 heterocycles. The van der Waals surface area contributed by atoms with Crippen LogP contribution < -0.4 is 5.73 Å². The van der Waals surface area contributed by atoms with Crippen molar-refractivity contribution in [2.75, 3.05) is 5.73 Å². The summed E-state index contributed by atoms with van der Waals surface area (Å²) in [6, 6.07) is 12.7. The van der Waals surface area contributed by atoms with Crippen molar-refractivity contribution >= 4 is 17.3 Å². The highest BCUT2D eigenvalue weighted by atomic mass is 35.5. The van der Waals surface area contributed by atoms with Gasteiger partial charge in [0.25, 0.3) is 0 Å². The Morgan fingerprint density at radius 1 is 1.14 bits per heavy atom. The first-order valence-corrected chi connectivity index (χ1v) is 7.36. The lowest BCUT2D eigenvalue weighted by Crippen LogP contribution is -2.30. The van der Waals surface area contributed by atoms with E-state index in [2.05, 4.69) is 18.7 Å². The van der Waals surface area contributed by atoms with Crippen LogP contribution in [0, 0.1) is 5.82 Å². The average molecular weight is 307 g/mol. The fourth-order valence-corrected chi connectivity index (χ4v) is 2.43. The van der Waals surface area contributed by atoms with E-state index >= 15 is 0 Å². The van der Waals surface area contributed by atoms with Crippen LogP contribution in [-0.2, 0) is 13.1 Å². The minimum Gasteiger partial charge on any atom is -0.399 e. The molecule has 0 spiro atoms. The Morgan fingerprint density at radius 2 is 1.90 bits per heavy atom. The number of hydrogen-bond acceptors (Lipinski definition) is 2. The van der Waals surface area contributed by atoms with Crippen molar-refractivity contribution in [2.45, 2.75) is 33.0 Å². The van der Waals surface area contributed by atoms with Gasteiger partial charge < -0.3 is 5.73 Å². The second-order valence-electron chi connectivity index (χ2n) is 5.48. The Balaban J connectivity index is 2.18. The molecule has 2 rings (SSSR count). The van der Waals surface area contributed by atoms with E-state index in [1.807, 2.05) is 24.3 Å². The molecule has 4 heteroatoms. The van der Waals surface area contributed by atoms with Gasteiger partial charge in [-0.15, -0.1) is 0 Å².